The monoisotopic (exact) mass is 343 g/mol. The van der Waals surface area contributed by atoms with Gasteiger partial charge < -0.3 is 15.2 Å². The van der Waals surface area contributed by atoms with Crippen LogP contribution in [0.25, 0.3) is 11.0 Å². The molecule has 2 aromatic carbocycles. The number of aromatic nitrogens is 2. The number of phenolic OH excluding ortho intramolecular Hbond substituents is 1. The highest BCUT2D eigenvalue weighted by Crippen LogP contribution is 2.25. The molecule has 3 aromatic rings. The second kappa shape index (κ2) is 6.92. The number of amides is 2. The van der Waals surface area contributed by atoms with Gasteiger partial charge in [0.1, 0.15) is 11.0 Å². The van der Waals surface area contributed by atoms with E-state index in [0.717, 1.165) is 17.2 Å². The first-order valence-corrected chi connectivity index (χ1v) is 7.59. The summed E-state index contributed by atoms with van der Waals surface area (Å²) in [5.74, 6) is 0.358. The Balaban J connectivity index is 1.63. The summed E-state index contributed by atoms with van der Waals surface area (Å²) < 4.78 is 13.2. The van der Waals surface area contributed by atoms with Crippen LogP contribution in [-0.2, 0) is 0 Å². The van der Waals surface area contributed by atoms with Gasteiger partial charge in [-0.05, 0) is 35.9 Å². The van der Waals surface area contributed by atoms with Crippen molar-refractivity contribution in [2.45, 2.75) is 0 Å². The number of anilines is 1. The smallest absolute Gasteiger partial charge is 0.339 e. The van der Waals surface area contributed by atoms with Crippen molar-refractivity contribution in [2.24, 2.45) is 5.10 Å². The van der Waals surface area contributed by atoms with E-state index < -0.39 is 6.03 Å². The van der Waals surface area contributed by atoms with E-state index in [-0.39, 0.29) is 5.75 Å². The van der Waals surface area contributed by atoms with E-state index in [1.54, 1.807) is 24.3 Å². The van der Waals surface area contributed by atoms with Gasteiger partial charge in [-0.15, -0.1) is 0 Å². The molecule has 0 saturated heterocycles. The lowest BCUT2D eigenvalue weighted by Gasteiger charge is -2.05. The third kappa shape index (κ3) is 3.41. The fraction of sp³-hybridized carbons (Fsp3) is 0.0667. The Morgan fingerprint density at radius 3 is 3.00 bits per heavy atom. The van der Waals surface area contributed by atoms with Crippen LogP contribution in [0.1, 0.15) is 5.56 Å². The first-order valence-electron chi connectivity index (χ1n) is 6.85. The van der Waals surface area contributed by atoms with E-state index in [1.807, 2.05) is 6.07 Å². The van der Waals surface area contributed by atoms with E-state index in [1.165, 1.54) is 19.4 Å². The Morgan fingerprint density at radius 2 is 2.21 bits per heavy atom. The van der Waals surface area contributed by atoms with Crippen LogP contribution in [0.4, 0.5) is 10.5 Å². The van der Waals surface area contributed by atoms with E-state index in [4.69, 9.17) is 4.74 Å². The minimum Gasteiger partial charge on any atom is -0.504 e. The van der Waals surface area contributed by atoms with Crippen molar-refractivity contribution in [3.8, 4) is 11.5 Å². The molecule has 0 radical (unpaired) electrons. The lowest BCUT2D eigenvalue weighted by Crippen LogP contribution is -2.24. The number of hydrogen-bond donors (Lipinski definition) is 3. The third-order valence-electron chi connectivity index (χ3n) is 3.12. The molecule has 1 heterocycles. The van der Waals surface area contributed by atoms with Crippen LogP contribution in [0.3, 0.4) is 0 Å². The Hall–Kier alpha value is -3.20. The summed E-state index contributed by atoms with van der Waals surface area (Å²) in [6.07, 6.45) is 1.41. The van der Waals surface area contributed by atoms with Crippen molar-refractivity contribution in [1.82, 2.24) is 14.2 Å². The number of aromatic hydroxyl groups is 1. The zero-order chi connectivity index (χ0) is 16.9. The van der Waals surface area contributed by atoms with Gasteiger partial charge in [0, 0.05) is 0 Å². The maximum atomic E-state index is 11.9. The van der Waals surface area contributed by atoms with Gasteiger partial charge in [-0.1, -0.05) is 6.07 Å². The first kappa shape index (κ1) is 15.7. The molecule has 0 aliphatic rings. The van der Waals surface area contributed by atoms with Gasteiger partial charge in [0.15, 0.2) is 11.5 Å². The van der Waals surface area contributed by atoms with Crippen molar-refractivity contribution in [1.29, 1.82) is 0 Å². The molecule has 0 aliphatic carbocycles. The standard InChI is InChI=1S/C15H13N5O3S/c1-23-13-6-5-9(7-12(13)21)8-16-18-15(22)17-10-3-2-4-11-14(10)20-24-19-11/h2-8,21H,1H3,(H2,17,18,22)/b16-8+. The molecule has 1 aromatic heterocycles. The number of carbonyl (C=O) groups is 1. The quantitative estimate of drug-likeness (QED) is 0.498. The van der Waals surface area contributed by atoms with Crippen LogP contribution in [0.5, 0.6) is 11.5 Å². The van der Waals surface area contributed by atoms with Crippen molar-refractivity contribution in [3.63, 3.8) is 0 Å². The molecule has 122 valence electrons. The van der Waals surface area contributed by atoms with Crippen LogP contribution in [0.2, 0.25) is 0 Å². The van der Waals surface area contributed by atoms with Gasteiger partial charge >= 0.3 is 6.03 Å². The number of rotatable bonds is 4. The minimum absolute atomic E-state index is 0.00592. The molecule has 24 heavy (non-hydrogen) atoms. The lowest BCUT2D eigenvalue weighted by atomic mass is 10.2. The molecule has 0 unspecified atom stereocenters. The number of nitrogens with one attached hydrogen (secondary N) is 2. The van der Waals surface area contributed by atoms with E-state index in [0.29, 0.717) is 22.5 Å². The average Bonchev–Trinajstić information content (AvgIpc) is 3.05. The molecular formula is C15H13N5O3S. The van der Waals surface area contributed by atoms with Crippen molar-refractivity contribution >= 4 is 40.7 Å². The minimum atomic E-state index is -0.510. The molecule has 2 amide bonds. The number of fused-ring (bicyclic) bond motifs is 1. The molecule has 0 saturated carbocycles. The normalized spacial score (nSPS) is 10.9. The van der Waals surface area contributed by atoms with Crippen LogP contribution in [0.15, 0.2) is 41.5 Å². The van der Waals surface area contributed by atoms with Crippen LogP contribution in [0, 0.1) is 0 Å². The first-order chi connectivity index (χ1) is 11.7. The maximum absolute atomic E-state index is 11.9. The number of phenols is 1. The number of hydrogen-bond acceptors (Lipinski definition) is 7. The number of hydrazone groups is 1. The number of methoxy groups -OCH3 is 1. The fourth-order valence-electron chi connectivity index (χ4n) is 2.01. The summed E-state index contributed by atoms with van der Waals surface area (Å²) >= 11 is 1.08. The summed E-state index contributed by atoms with van der Waals surface area (Å²) in [5.41, 5.74) is 4.85. The molecule has 8 nitrogen and oxygen atoms in total. The zero-order valence-corrected chi connectivity index (χ0v) is 13.4. The molecule has 0 atom stereocenters. The summed E-state index contributed by atoms with van der Waals surface area (Å²) in [6.45, 7) is 0. The number of ether oxygens (including phenoxy) is 1. The fourth-order valence-corrected chi connectivity index (χ4v) is 2.56. The predicted molar refractivity (Wildman–Crippen MR) is 91.8 cm³/mol. The van der Waals surface area contributed by atoms with Gasteiger partial charge in [-0.25, -0.2) is 10.2 Å². The van der Waals surface area contributed by atoms with E-state index in [2.05, 4.69) is 24.6 Å². The number of carbonyl (C=O) groups excluding carboxylic acids is 1. The predicted octanol–water partition coefficient (Wildman–Crippen LogP) is 2.56. The topological polar surface area (TPSA) is 109 Å². The Morgan fingerprint density at radius 1 is 1.33 bits per heavy atom. The highest BCUT2D eigenvalue weighted by atomic mass is 32.1. The van der Waals surface area contributed by atoms with E-state index in [9.17, 15) is 9.90 Å². The van der Waals surface area contributed by atoms with Crippen LogP contribution >= 0.6 is 11.7 Å². The van der Waals surface area contributed by atoms with Gasteiger partial charge in [-0.3, -0.25) is 0 Å². The molecule has 9 heteroatoms. The molecule has 3 rings (SSSR count). The highest BCUT2D eigenvalue weighted by Gasteiger charge is 2.07. The zero-order valence-electron chi connectivity index (χ0n) is 12.6. The molecule has 0 spiro atoms. The van der Waals surface area contributed by atoms with Crippen molar-refractivity contribution < 1.29 is 14.6 Å². The lowest BCUT2D eigenvalue weighted by molar-refractivity contribution is 0.252. The van der Waals surface area contributed by atoms with Gasteiger partial charge in [0.25, 0.3) is 0 Å². The third-order valence-corrected chi connectivity index (χ3v) is 3.66. The summed E-state index contributed by atoms with van der Waals surface area (Å²) in [6, 6.07) is 9.59. The summed E-state index contributed by atoms with van der Waals surface area (Å²) in [7, 11) is 1.47. The summed E-state index contributed by atoms with van der Waals surface area (Å²) in [5, 5.41) is 16.2. The Kier molecular flexibility index (Phi) is 4.52. The van der Waals surface area contributed by atoms with Gasteiger partial charge in [0.2, 0.25) is 0 Å². The SMILES string of the molecule is COc1ccc(/C=N/NC(=O)Nc2cccc3nsnc23)cc1O. The van der Waals surface area contributed by atoms with Crippen LogP contribution < -0.4 is 15.5 Å². The second-order valence-electron chi connectivity index (χ2n) is 4.69. The van der Waals surface area contributed by atoms with Gasteiger partial charge in [0.05, 0.1) is 30.7 Å². The molecule has 0 bridgehead atoms. The number of nitrogens with zero attached hydrogens (tertiary/aromatic N) is 3. The summed E-state index contributed by atoms with van der Waals surface area (Å²) in [4.78, 5) is 11.9. The molecule has 0 aliphatic heterocycles. The van der Waals surface area contributed by atoms with E-state index >= 15 is 0 Å². The van der Waals surface area contributed by atoms with Crippen molar-refractivity contribution in [2.75, 3.05) is 12.4 Å². The molecule has 3 N–H and O–H groups in total. The largest absolute Gasteiger partial charge is 0.504 e. The Bertz CT molecular complexity index is 909. The maximum Gasteiger partial charge on any atom is 0.339 e. The highest BCUT2D eigenvalue weighted by molar-refractivity contribution is 7.00. The molecular weight excluding hydrogens is 330 g/mol. The average molecular weight is 343 g/mol. The second-order valence-corrected chi connectivity index (χ2v) is 5.22. The Labute approximate surface area is 141 Å². The van der Waals surface area contributed by atoms with Gasteiger partial charge in [-0.2, -0.15) is 13.8 Å². The number of urea groups is 1. The number of benzene rings is 2. The van der Waals surface area contributed by atoms with Crippen LogP contribution in [-0.4, -0.2) is 33.2 Å². The molecule has 0 fully saturated rings. The van der Waals surface area contributed by atoms with Crippen molar-refractivity contribution in [3.05, 3.63) is 42.0 Å².